The van der Waals surface area contributed by atoms with Crippen LogP contribution in [-0.4, -0.2) is 7.05 Å². The van der Waals surface area contributed by atoms with Gasteiger partial charge in [0.2, 0.25) is 0 Å². The van der Waals surface area contributed by atoms with Crippen molar-refractivity contribution in [1.82, 2.24) is 0 Å². The fourth-order valence-corrected chi connectivity index (χ4v) is 2.37. The van der Waals surface area contributed by atoms with E-state index < -0.39 is 0 Å². The van der Waals surface area contributed by atoms with E-state index in [0.29, 0.717) is 0 Å². The predicted octanol–water partition coefficient (Wildman–Crippen LogP) is 3.52. The first kappa shape index (κ1) is 12.5. The minimum Gasteiger partial charge on any atom is -0.397 e. The summed E-state index contributed by atoms with van der Waals surface area (Å²) in [6.45, 7) is 5.08. The van der Waals surface area contributed by atoms with E-state index in [4.69, 9.17) is 5.73 Å². The third-order valence-electron chi connectivity index (χ3n) is 3.15. The summed E-state index contributed by atoms with van der Waals surface area (Å²) in [6, 6.07) is 14.6. The quantitative estimate of drug-likeness (QED) is 0.832. The topological polar surface area (TPSA) is 29.3 Å². The monoisotopic (exact) mass is 240 g/mol. The highest BCUT2D eigenvalue weighted by atomic mass is 15.1. The number of hydrogen-bond donors (Lipinski definition) is 1. The number of nitrogens with two attached hydrogens (primary N) is 1. The van der Waals surface area contributed by atoms with Crippen molar-refractivity contribution >= 4 is 11.4 Å². The highest BCUT2D eigenvalue weighted by Gasteiger charge is 2.08. The maximum Gasteiger partial charge on any atom is 0.0630 e. The summed E-state index contributed by atoms with van der Waals surface area (Å²) in [7, 11) is 2.08. The van der Waals surface area contributed by atoms with Crippen molar-refractivity contribution in [2.75, 3.05) is 17.7 Å². The van der Waals surface area contributed by atoms with Crippen LogP contribution in [0.2, 0.25) is 0 Å². The number of anilines is 2. The predicted molar refractivity (Wildman–Crippen MR) is 78.9 cm³/mol. The minimum absolute atomic E-state index is 0.838. The molecule has 2 heteroatoms. The molecule has 2 aromatic rings. The zero-order valence-corrected chi connectivity index (χ0v) is 11.3. The molecule has 2 nitrogen and oxygen atoms in total. The van der Waals surface area contributed by atoms with Gasteiger partial charge in [-0.05, 0) is 31.0 Å². The second-order valence-electron chi connectivity index (χ2n) is 4.86. The largest absolute Gasteiger partial charge is 0.397 e. The summed E-state index contributed by atoms with van der Waals surface area (Å²) in [4.78, 5) is 2.21. The fourth-order valence-electron chi connectivity index (χ4n) is 2.37. The second kappa shape index (κ2) is 5.13. The molecule has 0 atom stereocenters. The van der Waals surface area contributed by atoms with Crippen LogP contribution in [0.15, 0.2) is 42.5 Å². The third kappa shape index (κ3) is 2.65. The van der Waals surface area contributed by atoms with Crippen molar-refractivity contribution < 1.29 is 0 Å². The molecule has 0 aliphatic rings. The highest BCUT2D eigenvalue weighted by Crippen LogP contribution is 2.27. The number of para-hydroxylation sites is 1. The van der Waals surface area contributed by atoms with E-state index in [1.807, 2.05) is 12.1 Å². The first-order chi connectivity index (χ1) is 8.58. The summed E-state index contributed by atoms with van der Waals surface area (Å²) in [5.74, 6) is 0. The van der Waals surface area contributed by atoms with Crippen molar-refractivity contribution in [2.24, 2.45) is 0 Å². The SMILES string of the molecule is Cc1cccc(CN(C)c2c(C)cccc2N)c1. The number of nitrogens with zero attached hydrogens (tertiary/aromatic N) is 1. The molecule has 0 saturated heterocycles. The van der Waals surface area contributed by atoms with E-state index in [1.54, 1.807) is 0 Å². The normalized spacial score (nSPS) is 10.4. The zero-order chi connectivity index (χ0) is 13.1. The van der Waals surface area contributed by atoms with Gasteiger partial charge in [0.05, 0.1) is 11.4 Å². The molecule has 0 fully saturated rings. The molecular formula is C16H20N2. The molecule has 0 aliphatic carbocycles. The Morgan fingerprint density at radius 3 is 2.44 bits per heavy atom. The van der Waals surface area contributed by atoms with Gasteiger partial charge in [-0.3, -0.25) is 0 Å². The van der Waals surface area contributed by atoms with Crippen molar-refractivity contribution in [1.29, 1.82) is 0 Å². The molecule has 0 unspecified atom stereocenters. The average Bonchev–Trinajstić information content (AvgIpc) is 2.28. The summed E-state index contributed by atoms with van der Waals surface area (Å²) < 4.78 is 0. The number of nitrogen functional groups attached to an aromatic ring is 1. The molecule has 2 N–H and O–H groups in total. The summed E-state index contributed by atoms with van der Waals surface area (Å²) in [5.41, 5.74) is 11.8. The van der Waals surface area contributed by atoms with Crippen LogP contribution in [0.1, 0.15) is 16.7 Å². The van der Waals surface area contributed by atoms with Crippen LogP contribution in [-0.2, 0) is 6.54 Å². The van der Waals surface area contributed by atoms with Gasteiger partial charge in [0.1, 0.15) is 0 Å². The number of hydrogen-bond acceptors (Lipinski definition) is 2. The van der Waals surface area contributed by atoms with Crippen molar-refractivity contribution in [2.45, 2.75) is 20.4 Å². The average molecular weight is 240 g/mol. The van der Waals surface area contributed by atoms with Gasteiger partial charge in [-0.25, -0.2) is 0 Å². The maximum absolute atomic E-state index is 6.06. The van der Waals surface area contributed by atoms with Crippen LogP contribution in [0.3, 0.4) is 0 Å². The highest BCUT2D eigenvalue weighted by molar-refractivity contribution is 5.71. The van der Waals surface area contributed by atoms with Gasteiger partial charge in [0.15, 0.2) is 0 Å². The van der Waals surface area contributed by atoms with Crippen molar-refractivity contribution in [3.05, 3.63) is 59.2 Å². The maximum atomic E-state index is 6.06. The van der Waals surface area contributed by atoms with Crippen LogP contribution in [0.25, 0.3) is 0 Å². The smallest absolute Gasteiger partial charge is 0.0630 e. The van der Waals surface area contributed by atoms with Crippen LogP contribution >= 0.6 is 0 Å². The van der Waals surface area contributed by atoms with Crippen molar-refractivity contribution in [3.8, 4) is 0 Å². The fraction of sp³-hybridized carbons (Fsp3) is 0.250. The molecule has 0 amide bonds. The van der Waals surface area contributed by atoms with Crippen molar-refractivity contribution in [3.63, 3.8) is 0 Å². The van der Waals surface area contributed by atoms with E-state index in [9.17, 15) is 0 Å². The van der Waals surface area contributed by atoms with E-state index in [-0.39, 0.29) is 0 Å². The van der Waals surface area contributed by atoms with Gasteiger partial charge in [-0.1, -0.05) is 42.0 Å². The summed E-state index contributed by atoms with van der Waals surface area (Å²) in [6.07, 6.45) is 0. The van der Waals surface area contributed by atoms with E-state index in [1.165, 1.54) is 16.7 Å². The van der Waals surface area contributed by atoms with Gasteiger partial charge in [-0.15, -0.1) is 0 Å². The first-order valence-corrected chi connectivity index (χ1v) is 6.19. The Labute approximate surface area is 109 Å². The molecular weight excluding hydrogens is 220 g/mol. The molecule has 0 aliphatic heterocycles. The molecule has 94 valence electrons. The minimum atomic E-state index is 0.838. The van der Waals surface area contributed by atoms with Gasteiger partial charge in [0, 0.05) is 13.6 Å². The third-order valence-corrected chi connectivity index (χ3v) is 3.15. The lowest BCUT2D eigenvalue weighted by Gasteiger charge is -2.23. The Kier molecular flexibility index (Phi) is 3.56. The van der Waals surface area contributed by atoms with Crippen LogP contribution in [0.5, 0.6) is 0 Å². The van der Waals surface area contributed by atoms with Gasteiger partial charge in [0.25, 0.3) is 0 Å². The number of aryl methyl sites for hydroxylation is 2. The molecule has 0 heterocycles. The first-order valence-electron chi connectivity index (χ1n) is 6.19. The molecule has 2 aromatic carbocycles. The van der Waals surface area contributed by atoms with Crippen LogP contribution < -0.4 is 10.6 Å². The number of benzene rings is 2. The summed E-state index contributed by atoms with van der Waals surface area (Å²) in [5, 5.41) is 0. The molecule has 0 radical (unpaired) electrons. The van der Waals surface area contributed by atoms with E-state index in [2.05, 4.69) is 56.1 Å². The molecule has 0 saturated carbocycles. The van der Waals surface area contributed by atoms with E-state index in [0.717, 1.165) is 17.9 Å². The van der Waals surface area contributed by atoms with Crippen LogP contribution in [0.4, 0.5) is 11.4 Å². The second-order valence-corrected chi connectivity index (χ2v) is 4.86. The zero-order valence-electron chi connectivity index (χ0n) is 11.3. The van der Waals surface area contributed by atoms with Gasteiger partial charge >= 0.3 is 0 Å². The van der Waals surface area contributed by atoms with Crippen LogP contribution in [0, 0.1) is 13.8 Å². The molecule has 0 bridgehead atoms. The lowest BCUT2D eigenvalue weighted by Crippen LogP contribution is -2.18. The van der Waals surface area contributed by atoms with E-state index >= 15 is 0 Å². The standard InChI is InChI=1S/C16H20N2/c1-12-6-4-8-14(10-12)11-18(3)16-13(2)7-5-9-15(16)17/h4-10H,11,17H2,1-3H3. The number of rotatable bonds is 3. The Morgan fingerprint density at radius 2 is 1.78 bits per heavy atom. The van der Waals surface area contributed by atoms with Gasteiger partial charge < -0.3 is 10.6 Å². The molecule has 18 heavy (non-hydrogen) atoms. The molecule has 2 rings (SSSR count). The molecule has 0 spiro atoms. The Bertz CT molecular complexity index is 526. The lowest BCUT2D eigenvalue weighted by molar-refractivity contribution is 0.917. The summed E-state index contributed by atoms with van der Waals surface area (Å²) >= 11 is 0. The molecule has 0 aromatic heterocycles. The Morgan fingerprint density at radius 1 is 1.06 bits per heavy atom. The lowest BCUT2D eigenvalue weighted by atomic mass is 10.1. The Hall–Kier alpha value is -1.96. The van der Waals surface area contributed by atoms with Gasteiger partial charge in [-0.2, -0.15) is 0 Å². The Balaban J connectivity index is 2.25.